The molecule has 2 saturated heterocycles. The molecular formula is C27H34N6O3S. The maximum atomic E-state index is 13.5. The van der Waals surface area contributed by atoms with Crippen LogP contribution < -0.4 is 0 Å². The molecule has 0 unspecified atom stereocenters. The fraction of sp³-hybridized carbons (Fsp3) is 0.407. The average molecular weight is 523 g/mol. The van der Waals surface area contributed by atoms with Crippen molar-refractivity contribution in [3.05, 3.63) is 84.4 Å². The first-order chi connectivity index (χ1) is 17.8. The number of nitrogens with zero attached hydrogens (tertiary/aromatic N) is 6. The van der Waals surface area contributed by atoms with Crippen molar-refractivity contribution >= 4 is 16.1 Å². The second-order valence-corrected chi connectivity index (χ2v) is 12.0. The Hall–Kier alpha value is -3.21. The lowest BCUT2D eigenvalue weighted by Crippen LogP contribution is -2.53. The minimum absolute atomic E-state index is 0.00494. The van der Waals surface area contributed by atoms with Crippen molar-refractivity contribution in [3.63, 3.8) is 0 Å². The first-order valence-corrected chi connectivity index (χ1v) is 14.5. The number of hydrogen-bond acceptors (Lipinski definition) is 5. The molecule has 0 saturated carbocycles. The molecule has 3 aromatic rings. The number of likely N-dealkylation sites (tertiary alicyclic amines) is 1. The molecule has 37 heavy (non-hydrogen) atoms. The number of urea groups is 1. The van der Waals surface area contributed by atoms with Gasteiger partial charge in [-0.3, -0.25) is 4.90 Å². The lowest BCUT2D eigenvalue weighted by atomic mass is 9.93. The third kappa shape index (κ3) is 5.71. The maximum absolute atomic E-state index is 13.5. The van der Waals surface area contributed by atoms with Crippen LogP contribution in [-0.4, -0.2) is 102 Å². The molecule has 2 aromatic carbocycles. The summed E-state index contributed by atoms with van der Waals surface area (Å²) in [5.41, 5.74) is 3.51. The Kier molecular flexibility index (Phi) is 7.32. The van der Waals surface area contributed by atoms with Crippen molar-refractivity contribution in [2.75, 3.05) is 52.6 Å². The summed E-state index contributed by atoms with van der Waals surface area (Å²) in [4.78, 5) is 23.7. The molecule has 3 heterocycles. The van der Waals surface area contributed by atoms with Gasteiger partial charge in [-0.15, -0.1) is 0 Å². The number of carbonyl (C=O) groups excluding carboxylic acids is 1. The van der Waals surface area contributed by atoms with Crippen molar-refractivity contribution in [2.45, 2.75) is 18.5 Å². The molecule has 196 valence electrons. The highest BCUT2D eigenvalue weighted by Gasteiger charge is 2.40. The van der Waals surface area contributed by atoms with E-state index in [9.17, 15) is 13.2 Å². The van der Waals surface area contributed by atoms with Gasteiger partial charge in [0.25, 0.3) is 0 Å². The van der Waals surface area contributed by atoms with Gasteiger partial charge in [-0.25, -0.2) is 18.2 Å². The van der Waals surface area contributed by atoms with Crippen LogP contribution >= 0.6 is 0 Å². The first-order valence-electron chi connectivity index (χ1n) is 12.6. The predicted molar refractivity (Wildman–Crippen MR) is 143 cm³/mol. The van der Waals surface area contributed by atoms with Crippen molar-refractivity contribution in [3.8, 4) is 5.69 Å². The Labute approximate surface area is 219 Å². The van der Waals surface area contributed by atoms with Crippen molar-refractivity contribution in [2.24, 2.45) is 0 Å². The zero-order chi connectivity index (χ0) is 26.0. The summed E-state index contributed by atoms with van der Waals surface area (Å²) in [6.45, 7) is 3.58. The highest BCUT2D eigenvalue weighted by Crippen LogP contribution is 2.32. The molecule has 0 aliphatic carbocycles. The number of benzene rings is 2. The summed E-state index contributed by atoms with van der Waals surface area (Å²) < 4.78 is 27.2. The minimum Gasteiger partial charge on any atom is -0.322 e. The van der Waals surface area contributed by atoms with E-state index in [0.29, 0.717) is 39.3 Å². The van der Waals surface area contributed by atoms with Gasteiger partial charge in [-0.05, 0) is 30.3 Å². The van der Waals surface area contributed by atoms with E-state index in [0.717, 1.165) is 12.2 Å². The molecule has 2 atom stereocenters. The Balaban J connectivity index is 1.29. The number of carbonyl (C=O) groups is 1. The SMILES string of the molecule is CN(Cc1ccc(-n2ccnc2)cc1)[C@H]1CN(C(=O)N2CCN(S(C)(=O)=O)CC2)C[C@@H]1c1ccccc1. The fourth-order valence-electron chi connectivity index (χ4n) is 5.42. The Bertz CT molecular complexity index is 1290. The summed E-state index contributed by atoms with van der Waals surface area (Å²) in [6.07, 6.45) is 6.71. The van der Waals surface area contributed by atoms with Crippen LogP contribution in [0.4, 0.5) is 4.79 Å². The molecular weight excluding hydrogens is 488 g/mol. The standard InChI is InChI=1S/C27H34N6O3S/c1-29(18-22-8-10-24(11-9-22)31-13-12-28-21-31)26-20-32(19-25(26)23-6-4-3-5-7-23)27(34)30-14-16-33(17-15-30)37(2,35)36/h3-13,21,25-26H,14-20H2,1-2H3/t25-,26+/m1/s1. The van der Waals surface area contributed by atoms with Crippen LogP contribution in [0.15, 0.2) is 73.3 Å². The molecule has 5 rings (SSSR count). The minimum atomic E-state index is -3.23. The number of amides is 2. The Morgan fingerprint density at radius 1 is 0.973 bits per heavy atom. The molecule has 0 radical (unpaired) electrons. The maximum Gasteiger partial charge on any atom is 0.320 e. The van der Waals surface area contributed by atoms with E-state index < -0.39 is 10.0 Å². The second kappa shape index (κ2) is 10.6. The molecule has 2 amide bonds. The molecule has 2 aliphatic rings. The largest absolute Gasteiger partial charge is 0.322 e. The molecule has 0 spiro atoms. The lowest BCUT2D eigenvalue weighted by Gasteiger charge is -2.35. The van der Waals surface area contributed by atoms with E-state index in [1.165, 1.54) is 21.7 Å². The Morgan fingerprint density at radius 2 is 1.68 bits per heavy atom. The van der Waals surface area contributed by atoms with E-state index in [4.69, 9.17) is 0 Å². The van der Waals surface area contributed by atoms with Crippen molar-refractivity contribution in [1.82, 2.24) is 28.6 Å². The number of aromatic nitrogens is 2. The monoisotopic (exact) mass is 522 g/mol. The number of likely N-dealkylation sites (N-methyl/N-ethyl adjacent to an activating group) is 1. The van der Waals surface area contributed by atoms with Gasteiger partial charge in [0, 0.05) is 75.9 Å². The summed E-state index contributed by atoms with van der Waals surface area (Å²) in [5, 5.41) is 0. The summed E-state index contributed by atoms with van der Waals surface area (Å²) in [7, 11) is -1.11. The van der Waals surface area contributed by atoms with Gasteiger partial charge in [0.15, 0.2) is 0 Å². The average Bonchev–Trinajstić information content (AvgIpc) is 3.60. The zero-order valence-corrected chi connectivity index (χ0v) is 22.2. The summed E-state index contributed by atoms with van der Waals surface area (Å²) in [6, 6.07) is 19.0. The van der Waals surface area contributed by atoms with Gasteiger partial charge >= 0.3 is 6.03 Å². The smallest absolute Gasteiger partial charge is 0.320 e. The van der Waals surface area contributed by atoms with E-state index in [1.807, 2.05) is 21.7 Å². The van der Waals surface area contributed by atoms with Gasteiger partial charge in [-0.1, -0.05) is 42.5 Å². The Morgan fingerprint density at radius 3 is 2.30 bits per heavy atom. The van der Waals surface area contributed by atoms with Crippen molar-refractivity contribution in [1.29, 1.82) is 0 Å². The molecule has 2 fully saturated rings. The molecule has 0 bridgehead atoms. The van der Waals surface area contributed by atoms with Crippen LogP contribution in [0.5, 0.6) is 0 Å². The number of hydrogen-bond donors (Lipinski definition) is 0. The normalized spacial score (nSPS) is 21.1. The van der Waals surface area contributed by atoms with Crippen LogP contribution in [0, 0.1) is 0 Å². The zero-order valence-electron chi connectivity index (χ0n) is 21.3. The summed E-state index contributed by atoms with van der Waals surface area (Å²) in [5.74, 6) is 0.192. The highest BCUT2D eigenvalue weighted by atomic mass is 32.2. The number of imidazole rings is 1. The fourth-order valence-corrected chi connectivity index (χ4v) is 6.25. The first kappa shape index (κ1) is 25.4. The second-order valence-electron chi connectivity index (χ2n) is 9.97. The van der Waals surface area contributed by atoms with Crippen LogP contribution in [-0.2, 0) is 16.6 Å². The number of sulfonamides is 1. The van der Waals surface area contributed by atoms with Crippen LogP contribution in [0.25, 0.3) is 5.69 Å². The molecule has 0 N–H and O–H groups in total. The number of rotatable bonds is 6. The third-order valence-electron chi connectivity index (χ3n) is 7.50. The van der Waals surface area contributed by atoms with Crippen molar-refractivity contribution < 1.29 is 13.2 Å². The van der Waals surface area contributed by atoms with Crippen LogP contribution in [0.3, 0.4) is 0 Å². The lowest BCUT2D eigenvalue weighted by molar-refractivity contribution is 0.138. The molecule has 10 heteroatoms. The van der Waals surface area contributed by atoms with E-state index in [2.05, 4.69) is 65.5 Å². The van der Waals surface area contributed by atoms with E-state index in [-0.39, 0.29) is 18.0 Å². The third-order valence-corrected chi connectivity index (χ3v) is 8.81. The van der Waals surface area contributed by atoms with E-state index >= 15 is 0 Å². The topological polar surface area (TPSA) is 82.0 Å². The summed E-state index contributed by atoms with van der Waals surface area (Å²) >= 11 is 0. The number of piperazine rings is 1. The predicted octanol–water partition coefficient (Wildman–Crippen LogP) is 2.47. The van der Waals surface area contributed by atoms with Gasteiger partial charge in [0.05, 0.1) is 12.6 Å². The van der Waals surface area contributed by atoms with E-state index in [1.54, 1.807) is 17.4 Å². The highest BCUT2D eigenvalue weighted by molar-refractivity contribution is 7.88. The molecule has 9 nitrogen and oxygen atoms in total. The van der Waals surface area contributed by atoms with Crippen LogP contribution in [0.2, 0.25) is 0 Å². The van der Waals surface area contributed by atoms with Gasteiger partial charge in [0.2, 0.25) is 10.0 Å². The van der Waals surface area contributed by atoms with Gasteiger partial charge < -0.3 is 14.4 Å². The quantitative estimate of drug-likeness (QED) is 0.497. The van der Waals surface area contributed by atoms with Gasteiger partial charge in [-0.2, -0.15) is 4.31 Å². The molecule has 1 aromatic heterocycles. The van der Waals surface area contributed by atoms with Crippen LogP contribution in [0.1, 0.15) is 17.0 Å². The van der Waals surface area contributed by atoms with Gasteiger partial charge in [0.1, 0.15) is 0 Å². The molecule has 2 aliphatic heterocycles.